The van der Waals surface area contributed by atoms with E-state index in [1.807, 2.05) is 30.3 Å². The third kappa shape index (κ3) is 5.53. The van der Waals surface area contributed by atoms with E-state index in [4.69, 9.17) is 0 Å². The Morgan fingerprint density at radius 3 is 2.48 bits per heavy atom. The van der Waals surface area contributed by atoms with E-state index in [2.05, 4.69) is 16.9 Å². The summed E-state index contributed by atoms with van der Waals surface area (Å²) in [4.78, 5) is 2.97. The summed E-state index contributed by atoms with van der Waals surface area (Å²) < 4.78 is 75.0. The van der Waals surface area contributed by atoms with Gasteiger partial charge in [0, 0.05) is 29.3 Å². The Kier molecular flexibility index (Phi) is 6.51. The molecule has 6 nitrogen and oxygen atoms in total. The zero-order valence-electron chi connectivity index (χ0n) is 16.3. The number of anilines is 1. The molecule has 31 heavy (non-hydrogen) atoms. The van der Waals surface area contributed by atoms with Crippen molar-refractivity contribution in [1.29, 1.82) is 0 Å². The van der Waals surface area contributed by atoms with E-state index in [1.54, 1.807) is 16.8 Å². The largest absolute Gasteiger partial charge is 0.748 e. The molecule has 0 amide bonds. The highest BCUT2D eigenvalue weighted by atomic mass is 32.2. The summed E-state index contributed by atoms with van der Waals surface area (Å²) in [6, 6.07) is 11.6. The van der Waals surface area contributed by atoms with Crippen molar-refractivity contribution in [2.45, 2.75) is 19.0 Å². The minimum atomic E-state index is -4.63. The van der Waals surface area contributed by atoms with Gasteiger partial charge in [-0.15, -0.1) is 0 Å². The third-order valence-electron chi connectivity index (χ3n) is 4.64. The lowest BCUT2D eigenvalue weighted by molar-refractivity contribution is -0.540. The zero-order chi connectivity index (χ0) is 22.6. The van der Waals surface area contributed by atoms with E-state index >= 15 is 0 Å². The van der Waals surface area contributed by atoms with Crippen LogP contribution in [0.2, 0.25) is 0 Å². The molecule has 0 atom stereocenters. The predicted molar refractivity (Wildman–Crippen MR) is 112 cm³/mol. The topological polar surface area (TPSA) is 88.9 Å². The first-order chi connectivity index (χ1) is 14.6. The number of rotatable bonds is 8. The second kappa shape index (κ2) is 8.94. The van der Waals surface area contributed by atoms with E-state index < -0.39 is 27.6 Å². The first kappa shape index (κ1) is 22.6. The number of nitrogens with zero attached hydrogens (tertiary/aromatic N) is 1. The molecule has 0 saturated carbocycles. The smallest absolute Gasteiger partial charge is 0.416 e. The number of hydrogen-bond donors (Lipinski definition) is 2. The van der Waals surface area contributed by atoms with E-state index in [0.29, 0.717) is 11.3 Å². The molecule has 2 N–H and O–H groups in total. The molecular formula is C21H20F3N3O3S. The van der Waals surface area contributed by atoms with Crippen LogP contribution in [0.1, 0.15) is 23.4 Å². The number of alkyl halides is 3. The monoisotopic (exact) mass is 451 g/mol. The fraction of sp³-hybridized carbons (Fsp3) is 0.190. The molecule has 0 saturated heterocycles. The molecule has 3 rings (SSSR count). The number of imidazole rings is 1. The molecule has 2 aromatic carbocycles. The number of benzene rings is 2. The number of fused-ring (bicyclic) bond motifs is 1. The number of aromatic nitrogens is 2. The van der Waals surface area contributed by atoms with Crippen molar-refractivity contribution in [3.8, 4) is 0 Å². The summed E-state index contributed by atoms with van der Waals surface area (Å²) in [5.74, 6) is -0.276. The van der Waals surface area contributed by atoms with Crippen molar-refractivity contribution in [1.82, 2.24) is 4.98 Å². The Morgan fingerprint density at radius 1 is 1.16 bits per heavy atom. The van der Waals surface area contributed by atoms with Crippen molar-refractivity contribution in [2.75, 3.05) is 11.1 Å². The fourth-order valence-electron chi connectivity index (χ4n) is 3.31. The highest BCUT2D eigenvalue weighted by Gasteiger charge is 2.36. The average Bonchev–Trinajstić information content (AvgIpc) is 3.05. The van der Waals surface area contributed by atoms with E-state index in [9.17, 15) is 26.1 Å². The number of halogens is 3. The van der Waals surface area contributed by atoms with Crippen LogP contribution in [0, 0.1) is 0 Å². The molecule has 0 aliphatic rings. The second-order valence-corrected chi connectivity index (χ2v) is 8.28. The molecule has 164 valence electrons. The lowest BCUT2D eigenvalue weighted by Crippen LogP contribution is -2.27. The van der Waals surface area contributed by atoms with Crippen molar-refractivity contribution < 1.29 is 30.7 Å². The summed E-state index contributed by atoms with van der Waals surface area (Å²) in [5, 5.41) is 3.06. The molecule has 0 unspecified atom stereocenters. The summed E-state index contributed by atoms with van der Waals surface area (Å²) >= 11 is 0. The van der Waals surface area contributed by atoms with Crippen molar-refractivity contribution in [2.24, 2.45) is 0 Å². The third-order valence-corrected chi connectivity index (χ3v) is 5.43. The quantitative estimate of drug-likeness (QED) is 0.398. The van der Waals surface area contributed by atoms with Gasteiger partial charge < -0.3 is 9.87 Å². The molecule has 10 heteroatoms. The Hall–Kier alpha value is -3.11. The number of aromatic amines is 1. The van der Waals surface area contributed by atoms with Crippen LogP contribution in [0.25, 0.3) is 23.3 Å². The maximum atomic E-state index is 13.6. The first-order valence-corrected chi connectivity index (χ1v) is 10.9. The number of para-hydroxylation sites is 1. The fourth-order valence-corrected chi connectivity index (χ4v) is 3.81. The van der Waals surface area contributed by atoms with Crippen LogP contribution in [0.15, 0.2) is 55.2 Å². The summed E-state index contributed by atoms with van der Waals surface area (Å²) in [6.45, 7) is 3.72. The van der Waals surface area contributed by atoms with Gasteiger partial charge in [0.1, 0.15) is 0 Å². The standard InChI is InChI=1S/C21H20F3N3O3S/c1-2-27-18-11-10-17(21(22,23)24)16(9-6-14-31(28,29)30)20(18)26-19(27)12-13-25-15-7-4-3-5-8-15/h2-5,7-8,10-13H,1,6,9,14H2,(H2,25,26,28,29,30). The van der Waals surface area contributed by atoms with Crippen LogP contribution in [-0.4, -0.2) is 23.7 Å². The second-order valence-electron chi connectivity index (χ2n) is 6.76. The Morgan fingerprint density at radius 2 is 1.87 bits per heavy atom. The zero-order valence-corrected chi connectivity index (χ0v) is 17.1. The molecule has 1 aromatic heterocycles. The maximum Gasteiger partial charge on any atom is 0.416 e. The van der Waals surface area contributed by atoms with Gasteiger partial charge in [-0.25, -0.2) is 13.4 Å². The molecule has 1 heterocycles. The Bertz CT molecular complexity index is 1220. The lowest BCUT2D eigenvalue weighted by Gasteiger charge is -2.13. The van der Waals surface area contributed by atoms with Crippen LogP contribution < -0.4 is 9.88 Å². The molecular weight excluding hydrogens is 431 g/mol. The molecule has 0 bridgehead atoms. The molecule has 3 aromatic rings. The summed E-state index contributed by atoms with van der Waals surface area (Å²) in [7, 11) is -4.52. The van der Waals surface area contributed by atoms with Crippen molar-refractivity contribution >= 4 is 39.1 Å². The van der Waals surface area contributed by atoms with E-state index in [-0.39, 0.29) is 23.9 Å². The van der Waals surface area contributed by atoms with Gasteiger partial charge in [-0.05, 0) is 37.1 Å². The van der Waals surface area contributed by atoms with Crippen molar-refractivity contribution in [3.05, 3.63) is 72.2 Å². The van der Waals surface area contributed by atoms with E-state index in [0.717, 1.165) is 11.8 Å². The number of aryl methyl sites for hydroxylation is 1. The number of H-pyrrole nitrogens is 1. The van der Waals surface area contributed by atoms with Crippen LogP contribution in [0.5, 0.6) is 0 Å². The molecule has 0 radical (unpaired) electrons. The molecule has 0 aliphatic carbocycles. The molecule has 0 fully saturated rings. The highest BCUT2D eigenvalue weighted by Crippen LogP contribution is 2.35. The van der Waals surface area contributed by atoms with Gasteiger partial charge in [0.25, 0.3) is 5.82 Å². The average molecular weight is 451 g/mol. The van der Waals surface area contributed by atoms with Gasteiger partial charge in [0.2, 0.25) is 0 Å². The van der Waals surface area contributed by atoms with Gasteiger partial charge in [0.15, 0.2) is 11.0 Å². The molecule has 0 spiro atoms. The van der Waals surface area contributed by atoms with Crippen molar-refractivity contribution in [3.63, 3.8) is 0 Å². The number of nitrogens with one attached hydrogen (secondary N) is 2. The van der Waals surface area contributed by atoms with E-state index in [1.165, 1.54) is 12.3 Å². The Labute approximate surface area is 177 Å². The SMILES string of the molecule is C=C[n+]1c(C=CNc2ccccc2)[nH]c2c(CCCS(=O)(=O)[O-])c(C(F)(F)F)ccc21. The van der Waals surface area contributed by atoms with Crippen LogP contribution >= 0.6 is 0 Å². The minimum absolute atomic E-state index is 0.0973. The maximum absolute atomic E-state index is 13.6. The van der Waals surface area contributed by atoms with Gasteiger partial charge in [0.05, 0.1) is 21.9 Å². The first-order valence-electron chi connectivity index (χ1n) is 9.30. The lowest BCUT2D eigenvalue weighted by atomic mass is 10.0. The summed E-state index contributed by atoms with van der Waals surface area (Å²) in [6.07, 6.45) is -0.337. The van der Waals surface area contributed by atoms with Crippen LogP contribution in [0.3, 0.4) is 0 Å². The minimum Gasteiger partial charge on any atom is -0.748 e. The predicted octanol–water partition coefficient (Wildman–Crippen LogP) is 4.14. The highest BCUT2D eigenvalue weighted by molar-refractivity contribution is 7.85. The summed E-state index contributed by atoms with van der Waals surface area (Å²) in [5.41, 5.74) is 0.511. The van der Waals surface area contributed by atoms with Gasteiger partial charge >= 0.3 is 6.18 Å². The van der Waals surface area contributed by atoms with Gasteiger partial charge in [-0.3, -0.25) is 0 Å². The normalized spacial score (nSPS) is 12.5. The Balaban J connectivity index is 2.03. The van der Waals surface area contributed by atoms with Gasteiger partial charge in [-0.2, -0.15) is 17.7 Å². The molecule has 0 aliphatic heterocycles. The van der Waals surface area contributed by atoms with Crippen LogP contribution in [-0.2, 0) is 22.7 Å². The van der Waals surface area contributed by atoms with Gasteiger partial charge in [-0.1, -0.05) is 24.8 Å². The van der Waals surface area contributed by atoms with Crippen LogP contribution in [0.4, 0.5) is 18.9 Å². The number of hydrogen-bond acceptors (Lipinski definition) is 4.